The standard InChI is InChI=1S/C12H9NO2/c14-8-13-12(4-5-12)10-1-2-11-9(7-10)3-6-15-11/h1-3,6-7H,4-5H2. The quantitative estimate of drug-likeness (QED) is 0.551. The first kappa shape index (κ1) is 8.45. The summed E-state index contributed by atoms with van der Waals surface area (Å²) in [4.78, 5) is 14.2. The molecule has 1 saturated carbocycles. The van der Waals surface area contributed by atoms with Crippen molar-refractivity contribution in [2.75, 3.05) is 0 Å². The monoisotopic (exact) mass is 199 g/mol. The van der Waals surface area contributed by atoms with Gasteiger partial charge in [-0.2, -0.15) is 4.99 Å². The number of hydrogen-bond acceptors (Lipinski definition) is 3. The fraction of sp³-hybridized carbons (Fsp3) is 0.250. The normalized spacial score (nSPS) is 17.3. The Morgan fingerprint density at radius 3 is 2.93 bits per heavy atom. The second-order valence-corrected chi connectivity index (χ2v) is 3.91. The van der Waals surface area contributed by atoms with Crippen LogP contribution < -0.4 is 0 Å². The Morgan fingerprint density at radius 1 is 1.33 bits per heavy atom. The van der Waals surface area contributed by atoms with Crippen molar-refractivity contribution in [3.63, 3.8) is 0 Å². The molecule has 2 aromatic rings. The summed E-state index contributed by atoms with van der Waals surface area (Å²) < 4.78 is 5.26. The molecule has 0 unspecified atom stereocenters. The maximum Gasteiger partial charge on any atom is 0.235 e. The summed E-state index contributed by atoms with van der Waals surface area (Å²) >= 11 is 0. The smallest absolute Gasteiger partial charge is 0.235 e. The highest BCUT2D eigenvalue weighted by atomic mass is 16.3. The van der Waals surface area contributed by atoms with Crippen molar-refractivity contribution >= 4 is 17.0 Å². The van der Waals surface area contributed by atoms with E-state index in [4.69, 9.17) is 4.42 Å². The molecule has 1 aliphatic carbocycles. The minimum atomic E-state index is -0.285. The van der Waals surface area contributed by atoms with Crippen LogP contribution >= 0.6 is 0 Å². The van der Waals surface area contributed by atoms with Crippen LogP contribution in [0.4, 0.5) is 0 Å². The summed E-state index contributed by atoms with van der Waals surface area (Å²) in [5.74, 6) is 0. The van der Waals surface area contributed by atoms with Gasteiger partial charge in [0.1, 0.15) is 5.58 Å². The number of benzene rings is 1. The lowest BCUT2D eigenvalue weighted by atomic mass is 10.0. The van der Waals surface area contributed by atoms with Crippen molar-refractivity contribution in [2.24, 2.45) is 4.99 Å². The fourth-order valence-corrected chi connectivity index (χ4v) is 1.93. The van der Waals surface area contributed by atoms with E-state index in [-0.39, 0.29) is 5.54 Å². The first-order valence-electron chi connectivity index (χ1n) is 4.91. The molecule has 0 saturated heterocycles. The third-order valence-electron chi connectivity index (χ3n) is 2.97. The number of hydrogen-bond donors (Lipinski definition) is 0. The van der Waals surface area contributed by atoms with Gasteiger partial charge in [-0.3, -0.25) is 0 Å². The van der Waals surface area contributed by atoms with Gasteiger partial charge in [0.2, 0.25) is 6.08 Å². The molecule has 0 N–H and O–H groups in total. The van der Waals surface area contributed by atoms with Gasteiger partial charge in [-0.05, 0) is 36.6 Å². The molecule has 3 nitrogen and oxygen atoms in total. The van der Waals surface area contributed by atoms with Gasteiger partial charge >= 0.3 is 0 Å². The van der Waals surface area contributed by atoms with E-state index >= 15 is 0 Å². The summed E-state index contributed by atoms with van der Waals surface area (Å²) in [6.45, 7) is 0. The molecular weight excluding hydrogens is 190 g/mol. The summed E-state index contributed by atoms with van der Waals surface area (Å²) in [6.07, 6.45) is 5.20. The third-order valence-corrected chi connectivity index (χ3v) is 2.97. The lowest BCUT2D eigenvalue weighted by Crippen LogP contribution is -2.01. The molecule has 1 fully saturated rings. The van der Waals surface area contributed by atoms with E-state index in [9.17, 15) is 4.79 Å². The summed E-state index contributed by atoms with van der Waals surface area (Å²) in [5, 5.41) is 1.06. The van der Waals surface area contributed by atoms with Gasteiger partial charge in [0.15, 0.2) is 0 Å². The van der Waals surface area contributed by atoms with Crippen LogP contribution in [0.2, 0.25) is 0 Å². The molecule has 1 aliphatic rings. The molecule has 0 bridgehead atoms. The van der Waals surface area contributed by atoms with Crippen LogP contribution in [-0.2, 0) is 10.3 Å². The molecular formula is C12H9NO2. The van der Waals surface area contributed by atoms with Gasteiger partial charge in [-0.15, -0.1) is 0 Å². The van der Waals surface area contributed by atoms with E-state index in [0.717, 1.165) is 29.4 Å². The van der Waals surface area contributed by atoms with E-state index in [1.807, 2.05) is 24.3 Å². The zero-order valence-corrected chi connectivity index (χ0v) is 8.06. The number of nitrogens with zero attached hydrogens (tertiary/aromatic N) is 1. The zero-order valence-electron chi connectivity index (χ0n) is 8.06. The molecule has 3 heteroatoms. The minimum absolute atomic E-state index is 0.285. The second kappa shape index (κ2) is 2.81. The Labute approximate surface area is 86.4 Å². The third kappa shape index (κ3) is 1.21. The molecule has 0 atom stereocenters. The number of isocyanates is 1. The van der Waals surface area contributed by atoms with Crippen LogP contribution in [0, 0.1) is 0 Å². The number of fused-ring (bicyclic) bond motifs is 1. The predicted molar refractivity (Wildman–Crippen MR) is 55.2 cm³/mol. The van der Waals surface area contributed by atoms with Crippen LogP contribution in [0.15, 0.2) is 39.9 Å². The molecule has 74 valence electrons. The first-order valence-corrected chi connectivity index (χ1v) is 4.91. The van der Waals surface area contributed by atoms with E-state index < -0.39 is 0 Å². The molecule has 15 heavy (non-hydrogen) atoms. The van der Waals surface area contributed by atoms with Crippen LogP contribution in [0.1, 0.15) is 18.4 Å². The first-order chi connectivity index (χ1) is 7.34. The van der Waals surface area contributed by atoms with Gasteiger partial charge < -0.3 is 4.42 Å². The van der Waals surface area contributed by atoms with E-state index in [1.54, 1.807) is 12.3 Å². The molecule has 0 spiro atoms. The highest BCUT2D eigenvalue weighted by Crippen LogP contribution is 2.49. The van der Waals surface area contributed by atoms with Crippen molar-refractivity contribution in [3.8, 4) is 0 Å². The van der Waals surface area contributed by atoms with E-state index in [0.29, 0.717) is 0 Å². The molecule has 3 rings (SSSR count). The summed E-state index contributed by atoms with van der Waals surface area (Å²) in [6, 6.07) is 7.84. The van der Waals surface area contributed by atoms with Crippen molar-refractivity contribution in [1.29, 1.82) is 0 Å². The Bertz CT molecular complexity index is 560. The van der Waals surface area contributed by atoms with Crippen molar-refractivity contribution in [3.05, 3.63) is 36.1 Å². The average molecular weight is 199 g/mol. The zero-order chi connectivity index (χ0) is 10.3. The second-order valence-electron chi connectivity index (χ2n) is 3.91. The van der Waals surface area contributed by atoms with Gasteiger partial charge in [-0.25, -0.2) is 4.79 Å². The Kier molecular flexibility index (Phi) is 1.58. The Hall–Kier alpha value is -1.86. The summed E-state index contributed by atoms with van der Waals surface area (Å²) in [5.41, 5.74) is 1.66. The highest BCUT2D eigenvalue weighted by Gasteiger charge is 2.44. The van der Waals surface area contributed by atoms with Crippen molar-refractivity contribution in [2.45, 2.75) is 18.4 Å². The number of rotatable bonds is 2. The van der Waals surface area contributed by atoms with Gasteiger partial charge in [-0.1, -0.05) is 6.07 Å². The Morgan fingerprint density at radius 2 is 2.20 bits per heavy atom. The van der Waals surface area contributed by atoms with E-state index in [2.05, 4.69) is 4.99 Å². The van der Waals surface area contributed by atoms with Crippen LogP contribution in [0.3, 0.4) is 0 Å². The molecule has 1 heterocycles. The van der Waals surface area contributed by atoms with Crippen LogP contribution in [0.25, 0.3) is 11.0 Å². The van der Waals surface area contributed by atoms with Crippen molar-refractivity contribution < 1.29 is 9.21 Å². The van der Waals surface area contributed by atoms with Gasteiger partial charge in [0, 0.05) is 5.39 Å². The molecule has 0 aliphatic heterocycles. The summed E-state index contributed by atoms with van der Waals surface area (Å²) in [7, 11) is 0. The molecule has 0 amide bonds. The van der Waals surface area contributed by atoms with Gasteiger partial charge in [0.05, 0.1) is 11.8 Å². The topological polar surface area (TPSA) is 42.6 Å². The molecule has 1 aromatic heterocycles. The predicted octanol–water partition coefficient (Wildman–Crippen LogP) is 2.76. The lowest BCUT2D eigenvalue weighted by molar-refractivity contribution is 0.556. The number of aliphatic imine (C=N–C) groups is 1. The van der Waals surface area contributed by atoms with Crippen molar-refractivity contribution in [1.82, 2.24) is 0 Å². The van der Waals surface area contributed by atoms with E-state index in [1.165, 1.54) is 0 Å². The maximum absolute atomic E-state index is 10.3. The Balaban J connectivity index is 2.15. The van der Waals surface area contributed by atoms with Crippen LogP contribution in [-0.4, -0.2) is 6.08 Å². The number of furan rings is 1. The SMILES string of the molecule is O=C=NC1(c2ccc3occc3c2)CC1. The lowest BCUT2D eigenvalue weighted by Gasteiger charge is -2.07. The maximum atomic E-state index is 10.3. The van der Waals surface area contributed by atoms with Crippen LogP contribution in [0.5, 0.6) is 0 Å². The largest absolute Gasteiger partial charge is 0.464 e. The minimum Gasteiger partial charge on any atom is -0.464 e. The molecule has 0 radical (unpaired) electrons. The van der Waals surface area contributed by atoms with Gasteiger partial charge in [0.25, 0.3) is 0 Å². The molecule has 1 aromatic carbocycles. The highest BCUT2D eigenvalue weighted by molar-refractivity contribution is 5.78. The number of carbonyl (C=O) groups excluding carboxylic acids is 1. The average Bonchev–Trinajstić information content (AvgIpc) is 2.89. The fourth-order valence-electron chi connectivity index (χ4n) is 1.93.